The molecule has 1 aromatic heterocycles. The fraction of sp³-hybridized carbons (Fsp3) is 0.250. The summed E-state index contributed by atoms with van der Waals surface area (Å²) in [6.07, 6.45) is 2.44. The van der Waals surface area contributed by atoms with E-state index in [1.165, 1.54) is 6.33 Å². The molecular formula is C12H13ClN4O. The van der Waals surface area contributed by atoms with Gasteiger partial charge in [0.1, 0.15) is 12.2 Å². The Morgan fingerprint density at radius 3 is 2.94 bits per heavy atom. The van der Waals surface area contributed by atoms with Crippen LogP contribution in [-0.2, 0) is 17.8 Å². The van der Waals surface area contributed by atoms with Crippen molar-refractivity contribution in [2.75, 3.05) is 0 Å². The highest BCUT2D eigenvalue weighted by atomic mass is 35.5. The molecule has 0 unspecified atom stereocenters. The van der Waals surface area contributed by atoms with Gasteiger partial charge in [0.05, 0.1) is 6.54 Å². The maximum absolute atomic E-state index is 11.6. The summed E-state index contributed by atoms with van der Waals surface area (Å²) in [6.45, 7) is 0.362. The molecule has 5 nitrogen and oxygen atoms in total. The van der Waals surface area contributed by atoms with Gasteiger partial charge in [-0.3, -0.25) is 9.89 Å². The number of carbonyl (C=O) groups excluding carboxylic acids is 1. The van der Waals surface area contributed by atoms with Gasteiger partial charge in [0, 0.05) is 11.4 Å². The average molecular weight is 265 g/mol. The molecule has 94 valence electrons. The normalized spacial score (nSPS) is 10.3. The molecule has 0 aliphatic heterocycles. The largest absolute Gasteiger partial charge is 0.349 e. The van der Waals surface area contributed by atoms with Gasteiger partial charge in [-0.15, -0.1) is 0 Å². The molecule has 1 heterocycles. The number of H-pyrrole nitrogens is 1. The van der Waals surface area contributed by atoms with Crippen molar-refractivity contribution in [2.24, 2.45) is 0 Å². The number of hydrogen-bond acceptors (Lipinski definition) is 3. The summed E-state index contributed by atoms with van der Waals surface area (Å²) < 4.78 is 0. The minimum atomic E-state index is -0.0358. The van der Waals surface area contributed by atoms with Crippen molar-refractivity contribution in [3.8, 4) is 0 Å². The van der Waals surface area contributed by atoms with Crippen molar-refractivity contribution in [1.29, 1.82) is 0 Å². The van der Waals surface area contributed by atoms with E-state index in [9.17, 15) is 4.79 Å². The molecule has 0 aliphatic carbocycles. The van der Waals surface area contributed by atoms with Crippen LogP contribution in [0.2, 0.25) is 5.02 Å². The third-order valence-electron chi connectivity index (χ3n) is 2.50. The number of amides is 1. The third-order valence-corrected chi connectivity index (χ3v) is 2.87. The first kappa shape index (κ1) is 12.6. The Morgan fingerprint density at radius 2 is 2.22 bits per heavy atom. The molecule has 1 amide bonds. The van der Waals surface area contributed by atoms with Crippen molar-refractivity contribution in [3.05, 3.63) is 47.0 Å². The molecule has 0 saturated carbocycles. The van der Waals surface area contributed by atoms with Crippen LogP contribution in [0.25, 0.3) is 0 Å². The van der Waals surface area contributed by atoms with E-state index >= 15 is 0 Å². The summed E-state index contributed by atoms with van der Waals surface area (Å²) >= 11 is 6.01. The first-order valence-corrected chi connectivity index (χ1v) is 5.98. The zero-order chi connectivity index (χ0) is 12.8. The lowest BCUT2D eigenvalue weighted by molar-refractivity contribution is -0.121. The number of benzene rings is 1. The van der Waals surface area contributed by atoms with Gasteiger partial charge in [-0.2, -0.15) is 5.10 Å². The summed E-state index contributed by atoms with van der Waals surface area (Å²) in [5, 5.41) is 9.83. The highest BCUT2D eigenvalue weighted by molar-refractivity contribution is 6.31. The van der Waals surface area contributed by atoms with E-state index in [1.54, 1.807) is 0 Å². The third kappa shape index (κ3) is 3.56. The number of nitrogens with one attached hydrogen (secondary N) is 2. The van der Waals surface area contributed by atoms with Crippen LogP contribution in [-0.4, -0.2) is 21.1 Å². The van der Waals surface area contributed by atoms with Crippen molar-refractivity contribution >= 4 is 17.5 Å². The first-order valence-electron chi connectivity index (χ1n) is 5.60. The van der Waals surface area contributed by atoms with Crippen LogP contribution < -0.4 is 5.32 Å². The Morgan fingerprint density at radius 1 is 1.39 bits per heavy atom. The molecule has 0 spiro atoms. The van der Waals surface area contributed by atoms with Gasteiger partial charge < -0.3 is 5.32 Å². The number of rotatable bonds is 5. The Labute approximate surface area is 110 Å². The van der Waals surface area contributed by atoms with E-state index in [-0.39, 0.29) is 5.91 Å². The fourth-order valence-corrected chi connectivity index (χ4v) is 1.77. The predicted molar refractivity (Wildman–Crippen MR) is 68.0 cm³/mol. The molecule has 2 aromatic rings. The van der Waals surface area contributed by atoms with E-state index < -0.39 is 0 Å². The maximum Gasteiger partial charge on any atom is 0.220 e. The SMILES string of the molecule is O=C(CCc1ccccc1Cl)NCc1ncn[nH]1. The van der Waals surface area contributed by atoms with Gasteiger partial charge in [-0.05, 0) is 18.1 Å². The number of halogens is 1. The minimum Gasteiger partial charge on any atom is -0.349 e. The van der Waals surface area contributed by atoms with Crippen molar-refractivity contribution < 1.29 is 4.79 Å². The van der Waals surface area contributed by atoms with Gasteiger partial charge in [-0.1, -0.05) is 29.8 Å². The van der Waals surface area contributed by atoms with Crippen molar-refractivity contribution in [1.82, 2.24) is 20.5 Å². The van der Waals surface area contributed by atoms with Gasteiger partial charge in [0.25, 0.3) is 0 Å². The molecule has 0 aliphatic rings. The Bertz CT molecular complexity index is 513. The highest BCUT2D eigenvalue weighted by Gasteiger charge is 2.05. The number of aromatic amines is 1. The Hall–Kier alpha value is -1.88. The van der Waals surface area contributed by atoms with Gasteiger partial charge in [0.2, 0.25) is 5.91 Å². The smallest absolute Gasteiger partial charge is 0.220 e. The van der Waals surface area contributed by atoms with Crippen molar-refractivity contribution in [3.63, 3.8) is 0 Å². The summed E-state index contributed by atoms with van der Waals surface area (Å²) in [4.78, 5) is 15.5. The molecule has 0 bridgehead atoms. The summed E-state index contributed by atoms with van der Waals surface area (Å²) in [7, 11) is 0. The van der Waals surface area contributed by atoms with Crippen molar-refractivity contribution in [2.45, 2.75) is 19.4 Å². The molecule has 0 atom stereocenters. The standard InChI is InChI=1S/C12H13ClN4O/c13-10-4-2-1-3-9(10)5-6-12(18)14-7-11-15-8-16-17-11/h1-4,8H,5-7H2,(H,14,18)(H,15,16,17). The molecule has 0 saturated heterocycles. The number of aryl methyl sites for hydroxylation is 1. The van der Waals surface area contributed by atoms with Crippen LogP contribution in [0.3, 0.4) is 0 Å². The van der Waals surface area contributed by atoms with E-state index in [0.29, 0.717) is 30.2 Å². The predicted octanol–water partition coefficient (Wildman–Crippen LogP) is 1.71. The van der Waals surface area contributed by atoms with Gasteiger partial charge >= 0.3 is 0 Å². The number of nitrogens with zero attached hydrogens (tertiary/aromatic N) is 2. The van der Waals surface area contributed by atoms with Gasteiger partial charge in [-0.25, -0.2) is 4.98 Å². The molecule has 1 aromatic carbocycles. The second-order valence-electron chi connectivity index (χ2n) is 3.80. The minimum absolute atomic E-state index is 0.0358. The van der Waals surface area contributed by atoms with E-state index in [1.807, 2.05) is 24.3 Å². The lowest BCUT2D eigenvalue weighted by Crippen LogP contribution is -2.23. The Kier molecular flexibility index (Phi) is 4.30. The molecule has 6 heteroatoms. The molecule has 0 radical (unpaired) electrons. The van der Waals surface area contributed by atoms with E-state index in [2.05, 4.69) is 20.5 Å². The van der Waals surface area contributed by atoms with Gasteiger partial charge in [0.15, 0.2) is 0 Å². The zero-order valence-corrected chi connectivity index (χ0v) is 10.4. The number of hydrogen-bond donors (Lipinski definition) is 2. The lowest BCUT2D eigenvalue weighted by Gasteiger charge is -2.04. The monoisotopic (exact) mass is 264 g/mol. The molecule has 18 heavy (non-hydrogen) atoms. The highest BCUT2D eigenvalue weighted by Crippen LogP contribution is 2.16. The molecule has 2 N–H and O–H groups in total. The zero-order valence-electron chi connectivity index (χ0n) is 9.69. The molecule has 2 rings (SSSR count). The van der Waals surface area contributed by atoms with Crippen LogP contribution in [0.15, 0.2) is 30.6 Å². The van der Waals surface area contributed by atoms with Crippen LogP contribution in [0.1, 0.15) is 17.8 Å². The number of aromatic nitrogens is 3. The van der Waals surface area contributed by atoms with E-state index in [4.69, 9.17) is 11.6 Å². The summed E-state index contributed by atoms with van der Waals surface area (Å²) in [6, 6.07) is 7.53. The topological polar surface area (TPSA) is 70.7 Å². The van der Waals surface area contributed by atoms with Crippen LogP contribution in [0.5, 0.6) is 0 Å². The average Bonchev–Trinajstić information content (AvgIpc) is 2.88. The number of carbonyl (C=O) groups is 1. The van der Waals surface area contributed by atoms with E-state index in [0.717, 1.165) is 5.56 Å². The second kappa shape index (κ2) is 6.16. The van der Waals surface area contributed by atoms with Crippen LogP contribution in [0.4, 0.5) is 0 Å². The second-order valence-corrected chi connectivity index (χ2v) is 4.21. The molecular weight excluding hydrogens is 252 g/mol. The first-order chi connectivity index (χ1) is 8.75. The maximum atomic E-state index is 11.6. The van der Waals surface area contributed by atoms with Crippen LogP contribution >= 0.6 is 11.6 Å². The summed E-state index contributed by atoms with van der Waals surface area (Å²) in [5.74, 6) is 0.604. The quantitative estimate of drug-likeness (QED) is 0.864. The molecule has 0 fully saturated rings. The summed E-state index contributed by atoms with van der Waals surface area (Å²) in [5.41, 5.74) is 0.981. The Balaban J connectivity index is 1.77. The lowest BCUT2D eigenvalue weighted by atomic mass is 10.1. The van der Waals surface area contributed by atoms with Crippen LogP contribution in [0, 0.1) is 0 Å². The fourth-order valence-electron chi connectivity index (χ4n) is 1.54.